The maximum Gasteiger partial charge on any atom is 0.0594 e. The van der Waals surface area contributed by atoms with E-state index in [4.69, 9.17) is 11.6 Å². The van der Waals surface area contributed by atoms with Crippen LogP contribution in [0.2, 0.25) is 0 Å². The second-order valence-electron chi connectivity index (χ2n) is 6.22. The molecule has 0 spiro atoms. The summed E-state index contributed by atoms with van der Waals surface area (Å²) >= 11 is 6.77. The third-order valence-corrected chi connectivity index (χ3v) is 5.19. The number of rotatable bonds is 3. The highest BCUT2D eigenvalue weighted by Crippen LogP contribution is 2.38. The third kappa shape index (κ3) is 2.86. The van der Waals surface area contributed by atoms with Crippen LogP contribution in [0.5, 0.6) is 0 Å². The predicted molar refractivity (Wildman–Crippen MR) is 88.5 cm³/mol. The minimum Gasteiger partial charge on any atom is -0.118 e. The van der Waals surface area contributed by atoms with Gasteiger partial charge in [0, 0.05) is 0 Å². The highest BCUT2D eigenvalue weighted by Gasteiger charge is 2.20. The molecule has 3 rings (SSSR count). The Balaban J connectivity index is 1.87. The van der Waals surface area contributed by atoms with E-state index in [1.807, 2.05) is 0 Å². The first-order valence-corrected chi connectivity index (χ1v) is 8.31. The largest absolute Gasteiger partial charge is 0.118 e. The Morgan fingerprint density at radius 1 is 1.00 bits per heavy atom. The van der Waals surface area contributed by atoms with Gasteiger partial charge in [0.05, 0.1) is 5.38 Å². The summed E-state index contributed by atoms with van der Waals surface area (Å²) in [4.78, 5) is 0. The summed E-state index contributed by atoms with van der Waals surface area (Å²) in [5.41, 5.74) is 2.66. The van der Waals surface area contributed by atoms with Gasteiger partial charge in [-0.05, 0) is 41.2 Å². The molecule has 0 bridgehead atoms. The fourth-order valence-corrected chi connectivity index (χ4v) is 4.03. The number of hydrogen-bond acceptors (Lipinski definition) is 0. The van der Waals surface area contributed by atoms with Gasteiger partial charge in [-0.25, -0.2) is 0 Å². The van der Waals surface area contributed by atoms with Gasteiger partial charge in [0.1, 0.15) is 0 Å². The summed E-state index contributed by atoms with van der Waals surface area (Å²) < 4.78 is 0. The van der Waals surface area contributed by atoms with E-state index in [-0.39, 0.29) is 5.38 Å². The molecule has 0 aromatic heterocycles. The van der Waals surface area contributed by atoms with Gasteiger partial charge in [-0.3, -0.25) is 0 Å². The molecule has 1 aliphatic rings. The molecule has 0 aliphatic heterocycles. The van der Waals surface area contributed by atoms with Crippen LogP contribution in [0.25, 0.3) is 10.8 Å². The van der Waals surface area contributed by atoms with Gasteiger partial charge in [-0.2, -0.15) is 0 Å². The van der Waals surface area contributed by atoms with Crippen molar-refractivity contribution in [1.82, 2.24) is 0 Å². The van der Waals surface area contributed by atoms with E-state index in [9.17, 15) is 0 Å². The molecule has 1 atom stereocenters. The van der Waals surface area contributed by atoms with E-state index >= 15 is 0 Å². The average Bonchev–Trinajstić information content (AvgIpc) is 2.49. The van der Waals surface area contributed by atoms with E-state index in [1.165, 1.54) is 54.0 Å². The molecule has 0 N–H and O–H groups in total. The normalized spacial score (nSPS) is 18.3. The summed E-state index contributed by atoms with van der Waals surface area (Å²) in [6.45, 7) is 2.18. The molecule has 2 aromatic rings. The maximum absolute atomic E-state index is 6.77. The van der Waals surface area contributed by atoms with Crippen molar-refractivity contribution >= 4 is 22.4 Å². The van der Waals surface area contributed by atoms with Crippen LogP contribution >= 0.6 is 11.6 Å². The van der Waals surface area contributed by atoms with Crippen molar-refractivity contribution in [2.24, 2.45) is 5.92 Å². The number of aryl methyl sites for hydroxylation is 1. The summed E-state index contributed by atoms with van der Waals surface area (Å²) in [5, 5.41) is 2.84. The molecule has 0 heterocycles. The average molecular weight is 287 g/mol. The van der Waals surface area contributed by atoms with Crippen molar-refractivity contribution in [3.8, 4) is 0 Å². The van der Waals surface area contributed by atoms with Gasteiger partial charge in [-0.1, -0.05) is 68.5 Å². The lowest BCUT2D eigenvalue weighted by molar-refractivity contribution is 0.336. The van der Waals surface area contributed by atoms with Crippen molar-refractivity contribution in [2.45, 2.75) is 50.8 Å². The standard InChI is InChI=1S/C19H23Cl/c1-14-11-12-18(17-10-6-5-9-16(14)17)19(20)13-15-7-3-2-4-8-15/h5-6,9-12,15,19H,2-4,7-8,13H2,1H3. The molecule has 1 saturated carbocycles. The van der Waals surface area contributed by atoms with E-state index in [1.54, 1.807) is 0 Å². The molecule has 20 heavy (non-hydrogen) atoms. The fourth-order valence-electron chi connectivity index (χ4n) is 3.59. The SMILES string of the molecule is Cc1ccc(C(Cl)CC2CCCCC2)c2ccccc12. The van der Waals surface area contributed by atoms with Gasteiger partial charge in [-0.15, -0.1) is 11.6 Å². The maximum atomic E-state index is 6.77. The number of fused-ring (bicyclic) bond motifs is 1. The molecule has 0 amide bonds. The molecular weight excluding hydrogens is 264 g/mol. The Bertz CT molecular complexity index is 581. The Labute approximate surface area is 127 Å². The first-order chi connectivity index (χ1) is 9.75. The quantitative estimate of drug-likeness (QED) is 0.573. The second kappa shape index (κ2) is 6.18. The monoisotopic (exact) mass is 286 g/mol. The minimum absolute atomic E-state index is 0.156. The molecular formula is C19H23Cl. The molecule has 1 heteroatoms. The van der Waals surface area contributed by atoms with Crippen molar-refractivity contribution in [2.75, 3.05) is 0 Å². The van der Waals surface area contributed by atoms with Gasteiger partial charge in [0.25, 0.3) is 0 Å². The van der Waals surface area contributed by atoms with Gasteiger partial charge < -0.3 is 0 Å². The number of hydrogen-bond donors (Lipinski definition) is 0. The van der Waals surface area contributed by atoms with Crippen molar-refractivity contribution in [3.63, 3.8) is 0 Å². The highest BCUT2D eigenvalue weighted by molar-refractivity contribution is 6.21. The lowest BCUT2D eigenvalue weighted by Gasteiger charge is -2.24. The Kier molecular flexibility index (Phi) is 4.31. The minimum atomic E-state index is 0.156. The lowest BCUT2D eigenvalue weighted by atomic mass is 9.84. The van der Waals surface area contributed by atoms with Crippen LogP contribution < -0.4 is 0 Å². The Hall–Kier alpha value is -1.01. The van der Waals surface area contributed by atoms with Crippen molar-refractivity contribution in [1.29, 1.82) is 0 Å². The van der Waals surface area contributed by atoms with Gasteiger partial charge in [0.2, 0.25) is 0 Å². The van der Waals surface area contributed by atoms with Crippen molar-refractivity contribution in [3.05, 3.63) is 47.5 Å². The van der Waals surface area contributed by atoms with Crippen LogP contribution in [0.15, 0.2) is 36.4 Å². The molecule has 0 nitrogen and oxygen atoms in total. The molecule has 0 saturated heterocycles. The second-order valence-corrected chi connectivity index (χ2v) is 6.75. The highest BCUT2D eigenvalue weighted by atomic mass is 35.5. The summed E-state index contributed by atoms with van der Waals surface area (Å²) in [7, 11) is 0. The predicted octanol–water partition coefficient (Wildman–Crippen LogP) is 6.40. The van der Waals surface area contributed by atoms with Gasteiger partial charge in [0.15, 0.2) is 0 Å². The first kappa shape index (κ1) is 13.9. The number of alkyl halides is 1. The zero-order valence-electron chi connectivity index (χ0n) is 12.2. The molecule has 1 fully saturated rings. The van der Waals surface area contributed by atoms with Crippen molar-refractivity contribution < 1.29 is 0 Å². The first-order valence-electron chi connectivity index (χ1n) is 7.88. The molecule has 1 aliphatic carbocycles. The Morgan fingerprint density at radius 2 is 1.70 bits per heavy atom. The summed E-state index contributed by atoms with van der Waals surface area (Å²) in [5.74, 6) is 0.825. The lowest BCUT2D eigenvalue weighted by Crippen LogP contribution is -2.09. The van der Waals surface area contributed by atoms with E-state index in [0.717, 1.165) is 12.3 Å². The zero-order chi connectivity index (χ0) is 13.9. The number of benzene rings is 2. The van der Waals surface area contributed by atoms with E-state index < -0.39 is 0 Å². The van der Waals surface area contributed by atoms with Crippen LogP contribution in [0.1, 0.15) is 55.0 Å². The molecule has 1 unspecified atom stereocenters. The number of halogens is 1. The van der Waals surface area contributed by atoms with E-state index in [2.05, 4.69) is 43.3 Å². The molecule has 0 radical (unpaired) electrons. The van der Waals surface area contributed by atoms with Crippen LogP contribution in [-0.4, -0.2) is 0 Å². The molecule has 2 aromatic carbocycles. The van der Waals surface area contributed by atoms with E-state index in [0.29, 0.717) is 0 Å². The van der Waals surface area contributed by atoms with Gasteiger partial charge >= 0.3 is 0 Å². The smallest absolute Gasteiger partial charge is 0.0594 e. The summed E-state index contributed by atoms with van der Waals surface area (Å²) in [6, 6.07) is 13.1. The Morgan fingerprint density at radius 3 is 2.45 bits per heavy atom. The fraction of sp³-hybridized carbons (Fsp3) is 0.474. The van der Waals surface area contributed by atoms with Crippen LogP contribution in [-0.2, 0) is 0 Å². The van der Waals surface area contributed by atoms with Crippen LogP contribution in [0, 0.1) is 12.8 Å². The summed E-state index contributed by atoms with van der Waals surface area (Å²) in [6.07, 6.45) is 8.07. The topological polar surface area (TPSA) is 0 Å². The third-order valence-electron chi connectivity index (χ3n) is 4.78. The molecule has 106 valence electrons. The van der Waals surface area contributed by atoms with Crippen LogP contribution in [0.4, 0.5) is 0 Å². The zero-order valence-corrected chi connectivity index (χ0v) is 13.0. The van der Waals surface area contributed by atoms with Crippen LogP contribution in [0.3, 0.4) is 0 Å².